The summed E-state index contributed by atoms with van der Waals surface area (Å²) in [4.78, 5) is 49.7. The highest BCUT2D eigenvalue weighted by Gasteiger charge is 2.33. The molecule has 0 unspecified atom stereocenters. The summed E-state index contributed by atoms with van der Waals surface area (Å²) in [7, 11) is -4.85. The van der Waals surface area contributed by atoms with Crippen molar-refractivity contribution in [3.63, 3.8) is 0 Å². The lowest BCUT2D eigenvalue weighted by Crippen LogP contribution is -3.00. The van der Waals surface area contributed by atoms with Gasteiger partial charge in [0.1, 0.15) is 29.6 Å². The average Bonchev–Trinajstić information content (AvgIpc) is 3.81. The van der Waals surface area contributed by atoms with Crippen LogP contribution in [-0.2, 0) is 24.5 Å². The first kappa shape index (κ1) is 65.4. The molecule has 0 aliphatic rings. The molecule has 5 aromatic carbocycles. The van der Waals surface area contributed by atoms with E-state index in [1.807, 2.05) is 86.6 Å². The van der Waals surface area contributed by atoms with E-state index in [0.717, 1.165) is 39.1 Å². The highest BCUT2D eigenvalue weighted by molar-refractivity contribution is 7.85. The first-order chi connectivity index (χ1) is 34.0. The molecule has 3 atom stereocenters. The Morgan fingerprint density at radius 2 is 1.25 bits per heavy atom. The molecule has 0 radical (unpaired) electrons. The van der Waals surface area contributed by atoms with Gasteiger partial charge in [-0.05, 0) is 90.5 Å². The fourth-order valence-electron chi connectivity index (χ4n) is 8.30. The Morgan fingerprint density at radius 1 is 0.707 bits per heavy atom. The van der Waals surface area contributed by atoms with Crippen LogP contribution in [0.25, 0.3) is 44.0 Å². The van der Waals surface area contributed by atoms with E-state index in [0.29, 0.717) is 55.4 Å². The Kier molecular flexibility index (Phi) is 27.3. The number of carbonyl (C=O) groups is 3. The van der Waals surface area contributed by atoms with Gasteiger partial charge in [0, 0.05) is 16.7 Å². The number of quaternary nitrogens is 1. The normalized spacial score (nSPS) is 12.2. The molecular formula is C53H72Cl2N8O9S3. The van der Waals surface area contributed by atoms with Crippen molar-refractivity contribution in [3.8, 4) is 33.9 Å². The van der Waals surface area contributed by atoms with Crippen LogP contribution in [-0.4, -0.2) is 80.0 Å². The summed E-state index contributed by atoms with van der Waals surface area (Å²) in [5, 5.41) is 11.8. The smallest absolute Gasteiger partial charge is 0.338 e. The van der Waals surface area contributed by atoms with Gasteiger partial charge in [0.2, 0.25) is 22.7 Å². The van der Waals surface area contributed by atoms with Gasteiger partial charge in [-0.15, -0.1) is 0 Å². The van der Waals surface area contributed by atoms with Crippen LogP contribution in [0.3, 0.4) is 0 Å². The highest BCUT2D eigenvalue weighted by Crippen LogP contribution is 2.45. The molecule has 75 heavy (non-hydrogen) atoms. The first-order valence-electron chi connectivity index (χ1n) is 24.2. The highest BCUT2D eigenvalue weighted by atomic mass is 35.5. The van der Waals surface area contributed by atoms with E-state index >= 15 is 0 Å². The third-order valence-corrected chi connectivity index (χ3v) is 12.6. The number of guanidine groups is 1. The van der Waals surface area contributed by atoms with Gasteiger partial charge in [0.15, 0.2) is 12.4 Å². The standard InChI is InChI=1S/C53H66N8O9S.2ClH.2H2S/c1-33(2)27-30-68-43-25-23-35-15-8-10-19-38(35)46(43)47-39-20-11-9-16-36(39)24-26-44(47)69-32-45(62)58-40(21-12-13-28-54)49(63)59-41(22-14-29-57-53(55)56)50(64)60-42(31-34(3)4)51-61-52(71(65,66)67)48(70-51)37-17-6-5-7-18-37;;;;/h5-11,15-20,23-26,33-34,40-42H,12-14,21-22,27-32,54H2,1-4H3,(H,58,62)(H,59,63)(H,60,64)(H4,55,56,57)(H,65,66,67);2*1H;2*1H2/t40-,41-,42+;;;;/m1..../s1. The number of unbranched alkanes of at least 4 members (excludes halogenated alkanes) is 1. The van der Waals surface area contributed by atoms with Crippen LogP contribution in [0, 0.1) is 11.8 Å². The molecule has 6 aromatic rings. The molecule has 0 saturated heterocycles. The summed E-state index contributed by atoms with van der Waals surface area (Å²) in [5.74, 6) is -0.641. The minimum absolute atomic E-state index is 0. The van der Waals surface area contributed by atoms with Crippen molar-refractivity contribution in [2.75, 3.05) is 26.3 Å². The minimum atomic E-state index is -4.85. The third kappa shape index (κ3) is 18.5. The van der Waals surface area contributed by atoms with E-state index in [9.17, 15) is 27.4 Å². The predicted molar refractivity (Wildman–Crippen MR) is 294 cm³/mol. The maximum atomic E-state index is 14.4. The molecule has 410 valence electrons. The maximum Gasteiger partial charge on any atom is 0.338 e. The van der Waals surface area contributed by atoms with Crippen molar-refractivity contribution < 1.29 is 76.8 Å². The second-order valence-corrected chi connectivity index (χ2v) is 19.7. The monoisotopic (exact) mass is 1130 g/mol. The number of carbonyl (C=O) groups excluding carboxylic acids is 3. The number of fused-ring (bicyclic) bond motifs is 2. The van der Waals surface area contributed by atoms with E-state index in [1.54, 1.807) is 30.3 Å². The molecule has 1 aromatic heterocycles. The number of hydrogen-bond acceptors (Lipinski definition) is 9. The molecule has 12 N–H and O–H groups in total. The minimum Gasteiger partial charge on any atom is -1.00 e. The van der Waals surface area contributed by atoms with Crippen LogP contribution < -0.4 is 72.4 Å². The van der Waals surface area contributed by atoms with Crippen LogP contribution in [0.2, 0.25) is 0 Å². The molecule has 6 rings (SSSR count). The summed E-state index contributed by atoms with van der Waals surface area (Å²) >= 11 is 0. The molecule has 3 amide bonds. The average molecular weight is 1130 g/mol. The van der Waals surface area contributed by atoms with Gasteiger partial charge in [-0.2, -0.15) is 40.4 Å². The molecule has 0 bridgehead atoms. The fourth-order valence-corrected chi connectivity index (χ4v) is 8.90. The Bertz CT molecular complexity index is 2930. The van der Waals surface area contributed by atoms with Crippen molar-refractivity contribution in [2.24, 2.45) is 23.3 Å². The Balaban J connectivity index is 0.00000481. The van der Waals surface area contributed by atoms with Crippen molar-refractivity contribution >= 4 is 82.3 Å². The van der Waals surface area contributed by atoms with Gasteiger partial charge in [-0.25, -0.2) is 0 Å². The molecule has 0 fully saturated rings. The maximum absolute atomic E-state index is 14.4. The molecule has 17 nitrogen and oxygen atoms in total. The zero-order valence-corrected chi connectivity index (χ0v) is 47.0. The quantitative estimate of drug-likeness (QED) is 0.0141. The third-order valence-electron chi connectivity index (χ3n) is 11.8. The molecule has 0 aliphatic heterocycles. The number of benzene rings is 5. The van der Waals surface area contributed by atoms with E-state index in [2.05, 4.69) is 45.5 Å². The zero-order valence-electron chi connectivity index (χ0n) is 42.7. The van der Waals surface area contributed by atoms with E-state index in [1.165, 1.54) is 0 Å². The second kappa shape index (κ2) is 31.3. The SMILES string of the molecule is CC(C)CCOc1ccc2ccccc2c1-c1c(OCC(=O)N[C@H](CCCC[NH3+])C(=O)N[C@H](CCC[NH+]=C(N)N)C(=O)N[C@@H](CC(C)C)c2nc(S(=O)(=O)O)c(-c3ccccc3)o2)ccc2ccccc12.S.S.[Cl-].[Cl-]. The number of halogens is 2. The van der Waals surface area contributed by atoms with Crippen LogP contribution >= 0.6 is 27.0 Å². The number of ether oxygens (including phenoxy) is 2. The molecule has 1 heterocycles. The largest absolute Gasteiger partial charge is 1.00 e. The topological polar surface area (TPSA) is 280 Å². The molecule has 0 spiro atoms. The van der Waals surface area contributed by atoms with Crippen molar-refractivity contribution in [2.45, 2.75) is 95.8 Å². The molecule has 22 heteroatoms. The molecule has 0 saturated carbocycles. The van der Waals surface area contributed by atoms with Crippen molar-refractivity contribution in [1.82, 2.24) is 20.9 Å². The number of nitrogens with two attached hydrogens (primary N) is 2. The van der Waals surface area contributed by atoms with Gasteiger partial charge in [0.05, 0.1) is 19.7 Å². The number of nitrogens with zero attached hydrogens (tertiary/aromatic N) is 1. The van der Waals surface area contributed by atoms with E-state index in [-0.39, 0.29) is 101 Å². The Labute approximate surface area is 465 Å². The van der Waals surface area contributed by atoms with Crippen LogP contribution in [0.1, 0.15) is 84.6 Å². The Hall–Kier alpha value is -5.74. The fraction of sp³-hybridized carbons (Fsp3) is 0.377. The number of oxazole rings is 1. The van der Waals surface area contributed by atoms with Gasteiger partial charge < -0.3 is 60.4 Å². The lowest BCUT2D eigenvalue weighted by molar-refractivity contribution is -0.459. The van der Waals surface area contributed by atoms with Gasteiger partial charge >= 0.3 is 16.1 Å². The summed E-state index contributed by atoms with van der Waals surface area (Å²) in [6.45, 7) is 9.05. The number of aromatic nitrogens is 1. The van der Waals surface area contributed by atoms with Gasteiger partial charge in [0.25, 0.3) is 5.91 Å². The van der Waals surface area contributed by atoms with E-state index in [4.69, 9.17) is 25.4 Å². The first-order valence-corrected chi connectivity index (χ1v) is 25.6. The summed E-state index contributed by atoms with van der Waals surface area (Å²) < 4.78 is 54.1. The number of hydrogen-bond donors (Lipinski definition) is 8. The summed E-state index contributed by atoms with van der Waals surface area (Å²) in [6.07, 6.45) is 3.01. The van der Waals surface area contributed by atoms with Crippen LogP contribution in [0.15, 0.2) is 113 Å². The van der Waals surface area contributed by atoms with Gasteiger partial charge in [-0.1, -0.05) is 119 Å². The van der Waals surface area contributed by atoms with Gasteiger partial charge in [-0.3, -0.25) is 35.4 Å². The summed E-state index contributed by atoms with van der Waals surface area (Å²) in [5.41, 5.74) is 17.1. The van der Waals surface area contributed by atoms with Crippen LogP contribution in [0.5, 0.6) is 11.5 Å². The molecular weight excluding hydrogens is 1060 g/mol. The summed E-state index contributed by atoms with van der Waals surface area (Å²) in [6, 6.07) is 28.9. The number of rotatable bonds is 26. The van der Waals surface area contributed by atoms with Crippen molar-refractivity contribution in [3.05, 3.63) is 109 Å². The predicted octanol–water partition coefficient (Wildman–Crippen LogP) is -0.981. The lowest BCUT2D eigenvalue weighted by atomic mass is 9.92. The van der Waals surface area contributed by atoms with E-state index < -0.39 is 57.6 Å². The second-order valence-electron chi connectivity index (χ2n) is 18.4. The number of nitrogens with one attached hydrogen (secondary N) is 4. The number of amides is 3. The zero-order chi connectivity index (χ0) is 51.1. The van der Waals surface area contributed by atoms with Crippen LogP contribution in [0.4, 0.5) is 0 Å². The molecule has 0 aliphatic carbocycles. The lowest BCUT2D eigenvalue weighted by Gasteiger charge is -2.25. The van der Waals surface area contributed by atoms with Crippen molar-refractivity contribution in [1.29, 1.82) is 0 Å². The Morgan fingerprint density at radius 3 is 1.81 bits per heavy atom.